The third-order valence-electron chi connectivity index (χ3n) is 2.65. The second-order valence-electron chi connectivity index (χ2n) is 4.16. The summed E-state index contributed by atoms with van der Waals surface area (Å²) < 4.78 is 0. The van der Waals surface area contributed by atoms with Gasteiger partial charge in [0.1, 0.15) is 0 Å². The lowest BCUT2D eigenvalue weighted by atomic mass is 10.0. The Balaban J connectivity index is 2.58. The molecule has 1 rings (SSSR count). The summed E-state index contributed by atoms with van der Waals surface area (Å²) in [5, 5.41) is 15.2. The average molecular weight is 257 g/mol. The number of benzene rings is 1. The first kappa shape index (κ1) is 13.8. The Kier molecular flexibility index (Phi) is 4.78. The first-order valence-electron chi connectivity index (χ1n) is 5.44. The molecule has 0 saturated carbocycles. The molecule has 0 radical (unpaired) electrons. The Morgan fingerprint density at radius 2 is 2.00 bits per heavy atom. The highest BCUT2D eigenvalue weighted by Gasteiger charge is 2.22. The molecule has 1 aromatic rings. The predicted molar refractivity (Wildman–Crippen MR) is 69.4 cm³/mol. The van der Waals surface area contributed by atoms with Gasteiger partial charge in [-0.25, -0.2) is 4.79 Å². The van der Waals surface area contributed by atoms with Crippen LogP contribution in [0.3, 0.4) is 0 Å². The minimum absolute atomic E-state index is 0.0997. The zero-order valence-electron chi connectivity index (χ0n) is 9.96. The molecule has 0 fully saturated rings. The normalized spacial score (nSPS) is 13.9. The molecule has 3 N–H and O–H groups in total. The van der Waals surface area contributed by atoms with Crippen LogP contribution in [0.2, 0.25) is 5.02 Å². The van der Waals surface area contributed by atoms with Gasteiger partial charge < -0.3 is 15.7 Å². The molecule has 4 nitrogen and oxygen atoms in total. The Bertz CT molecular complexity index is 375. The van der Waals surface area contributed by atoms with Crippen molar-refractivity contribution in [2.24, 2.45) is 0 Å². The SMILES string of the molecule is CCC(C)(CO)NC(=O)Nc1ccc(Cl)cc1. The minimum Gasteiger partial charge on any atom is -0.394 e. The van der Waals surface area contributed by atoms with Crippen LogP contribution in [0.5, 0.6) is 0 Å². The second kappa shape index (κ2) is 5.89. The molecule has 0 heterocycles. The van der Waals surface area contributed by atoms with E-state index in [1.807, 2.05) is 6.92 Å². The van der Waals surface area contributed by atoms with E-state index in [4.69, 9.17) is 11.6 Å². The summed E-state index contributed by atoms with van der Waals surface area (Å²) >= 11 is 5.74. The molecule has 17 heavy (non-hydrogen) atoms. The summed E-state index contributed by atoms with van der Waals surface area (Å²) in [7, 11) is 0. The molecule has 0 saturated heterocycles. The summed E-state index contributed by atoms with van der Waals surface area (Å²) in [4.78, 5) is 11.7. The van der Waals surface area contributed by atoms with Gasteiger partial charge in [0, 0.05) is 10.7 Å². The number of hydrogen-bond donors (Lipinski definition) is 3. The zero-order chi connectivity index (χ0) is 12.9. The third kappa shape index (κ3) is 4.24. The minimum atomic E-state index is -0.601. The van der Waals surface area contributed by atoms with E-state index in [1.54, 1.807) is 31.2 Å². The quantitative estimate of drug-likeness (QED) is 0.776. The molecule has 94 valence electrons. The van der Waals surface area contributed by atoms with Crippen LogP contribution >= 0.6 is 11.6 Å². The summed E-state index contributed by atoms with van der Waals surface area (Å²) in [5.74, 6) is 0. The highest BCUT2D eigenvalue weighted by molar-refractivity contribution is 6.30. The fraction of sp³-hybridized carbons (Fsp3) is 0.417. The molecule has 1 atom stereocenters. The van der Waals surface area contributed by atoms with E-state index in [9.17, 15) is 9.90 Å². The van der Waals surface area contributed by atoms with Gasteiger partial charge in [-0.05, 0) is 37.6 Å². The molecular weight excluding hydrogens is 240 g/mol. The summed E-state index contributed by atoms with van der Waals surface area (Å²) in [6, 6.07) is 6.48. The Hall–Kier alpha value is -1.26. The van der Waals surface area contributed by atoms with E-state index >= 15 is 0 Å². The van der Waals surface area contributed by atoms with Gasteiger partial charge in [0.15, 0.2) is 0 Å². The zero-order valence-corrected chi connectivity index (χ0v) is 10.7. The third-order valence-corrected chi connectivity index (χ3v) is 2.90. The number of halogens is 1. The van der Waals surface area contributed by atoms with E-state index in [-0.39, 0.29) is 12.6 Å². The van der Waals surface area contributed by atoms with Crippen molar-refractivity contribution >= 4 is 23.3 Å². The van der Waals surface area contributed by atoms with Crippen LogP contribution in [0.25, 0.3) is 0 Å². The van der Waals surface area contributed by atoms with Crippen molar-refractivity contribution in [1.82, 2.24) is 5.32 Å². The molecule has 1 unspecified atom stereocenters. The van der Waals surface area contributed by atoms with Crippen molar-refractivity contribution in [3.63, 3.8) is 0 Å². The van der Waals surface area contributed by atoms with Crippen molar-refractivity contribution in [2.45, 2.75) is 25.8 Å². The first-order valence-corrected chi connectivity index (χ1v) is 5.82. The predicted octanol–water partition coefficient (Wildman–Crippen LogP) is 2.62. The van der Waals surface area contributed by atoms with Gasteiger partial charge in [-0.1, -0.05) is 18.5 Å². The van der Waals surface area contributed by atoms with Crippen LogP contribution in [0, 0.1) is 0 Å². The molecule has 0 aliphatic rings. The molecule has 0 aromatic heterocycles. The van der Waals surface area contributed by atoms with Crippen LogP contribution in [-0.4, -0.2) is 23.3 Å². The average Bonchev–Trinajstić information content (AvgIpc) is 2.32. The fourth-order valence-corrected chi connectivity index (χ4v) is 1.34. The number of aliphatic hydroxyl groups excluding tert-OH is 1. The van der Waals surface area contributed by atoms with Crippen LogP contribution in [0.1, 0.15) is 20.3 Å². The molecule has 0 aliphatic heterocycles. The monoisotopic (exact) mass is 256 g/mol. The lowest BCUT2D eigenvalue weighted by molar-refractivity contribution is 0.172. The van der Waals surface area contributed by atoms with Gasteiger partial charge in [0.05, 0.1) is 12.1 Å². The molecule has 2 amide bonds. The second-order valence-corrected chi connectivity index (χ2v) is 4.59. The number of nitrogens with one attached hydrogen (secondary N) is 2. The summed E-state index contributed by atoms with van der Waals surface area (Å²) in [5.41, 5.74) is 0.0551. The lowest BCUT2D eigenvalue weighted by Crippen LogP contribution is -2.50. The fourth-order valence-electron chi connectivity index (χ4n) is 1.21. The maximum absolute atomic E-state index is 11.7. The van der Waals surface area contributed by atoms with Crippen molar-refractivity contribution < 1.29 is 9.90 Å². The highest BCUT2D eigenvalue weighted by Crippen LogP contribution is 2.14. The van der Waals surface area contributed by atoms with Crippen LogP contribution in [0.15, 0.2) is 24.3 Å². The Morgan fingerprint density at radius 3 is 2.47 bits per heavy atom. The van der Waals surface area contributed by atoms with Gasteiger partial charge in [0.25, 0.3) is 0 Å². The van der Waals surface area contributed by atoms with Crippen LogP contribution in [0.4, 0.5) is 10.5 Å². The van der Waals surface area contributed by atoms with E-state index in [0.29, 0.717) is 17.1 Å². The molecule has 5 heteroatoms. The van der Waals surface area contributed by atoms with Crippen molar-refractivity contribution in [3.8, 4) is 0 Å². The number of carbonyl (C=O) groups excluding carboxylic acids is 1. The van der Waals surface area contributed by atoms with Gasteiger partial charge in [-0.3, -0.25) is 0 Å². The van der Waals surface area contributed by atoms with Crippen molar-refractivity contribution in [3.05, 3.63) is 29.3 Å². The lowest BCUT2D eigenvalue weighted by Gasteiger charge is -2.27. The molecule has 0 bridgehead atoms. The number of amides is 2. The Morgan fingerprint density at radius 1 is 1.41 bits per heavy atom. The van der Waals surface area contributed by atoms with E-state index in [2.05, 4.69) is 10.6 Å². The van der Waals surface area contributed by atoms with Crippen LogP contribution < -0.4 is 10.6 Å². The number of carbonyl (C=O) groups is 1. The number of anilines is 1. The highest BCUT2D eigenvalue weighted by atomic mass is 35.5. The van der Waals surface area contributed by atoms with E-state index in [1.165, 1.54) is 0 Å². The molecule has 1 aromatic carbocycles. The number of rotatable bonds is 4. The summed E-state index contributed by atoms with van der Waals surface area (Å²) in [6.45, 7) is 3.59. The topological polar surface area (TPSA) is 61.4 Å². The maximum Gasteiger partial charge on any atom is 0.319 e. The largest absolute Gasteiger partial charge is 0.394 e. The molecule has 0 aliphatic carbocycles. The van der Waals surface area contributed by atoms with Crippen molar-refractivity contribution in [2.75, 3.05) is 11.9 Å². The first-order chi connectivity index (χ1) is 7.99. The van der Waals surface area contributed by atoms with Gasteiger partial charge in [-0.2, -0.15) is 0 Å². The Labute approximate surface area is 106 Å². The van der Waals surface area contributed by atoms with Crippen molar-refractivity contribution in [1.29, 1.82) is 0 Å². The van der Waals surface area contributed by atoms with Gasteiger partial charge in [-0.15, -0.1) is 0 Å². The van der Waals surface area contributed by atoms with Crippen LogP contribution in [-0.2, 0) is 0 Å². The van der Waals surface area contributed by atoms with E-state index in [0.717, 1.165) is 0 Å². The molecular formula is C12H17ClN2O2. The number of urea groups is 1. The summed E-state index contributed by atoms with van der Waals surface area (Å²) in [6.07, 6.45) is 0.650. The standard InChI is InChI=1S/C12H17ClN2O2/c1-3-12(2,8-16)15-11(17)14-10-6-4-9(13)5-7-10/h4-7,16H,3,8H2,1-2H3,(H2,14,15,17). The maximum atomic E-state index is 11.7. The number of hydrogen-bond acceptors (Lipinski definition) is 2. The number of aliphatic hydroxyl groups is 1. The van der Waals surface area contributed by atoms with Gasteiger partial charge >= 0.3 is 6.03 Å². The smallest absolute Gasteiger partial charge is 0.319 e. The van der Waals surface area contributed by atoms with Gasteiger partial charge in [0.2, 0.25) is 0 Å². The molecule has 0 spiro atoms. The van der Waals surface area contributed by atoms with E-state index < -0.39 is 5.54 Å².